The molecular weight excluding hydrogens is 447 g/mol. The summed E-state index contributed by atoms with van der Waals surface area (Å²) in [6, 6.07) is 10.7. The third-order valence-corrected chi connectivity index (χ3v) is 5.30. The molecule has 0 unspecified atom stereocenters. The average Bonchev–Trinajstić information content (AvgIpc) is 3.29. The molecule has 4 aromatic rings. The SMILES string of the molecule is FC(F)(F)c1ccc(CNc2nc(Nc3ccc(-c4ccsc4)cn3)ncc2Cl)cc1. The van der Waals surface area contributed by atoms with Crippen molar-refractivity contribution < 1.29 is 13.2 Å². The first kappa shape index (κ1) is 21.1. The number of alkyl halides is 3. The van der Waals surface area contributed by atoms with Gasteiger partial charge in [-0.1, -0.05) is 23.7 Å². The van der Waals surface area contributed by atoms with E-state index in [0.29, 0.717) is 22.2 Å². The zero-order valence-electron chi connectivity index (χ0n) is 15.8. The highest BCUT2D eigenvalue weighted by Crippen LogP contribution is 2.29. The van der Waals surface area contributed by atoms with Crippen LogP contribution in [0.5, 0.6) is 0 Å². The van der Waals surface area contributed by atoms with Crippen LogP contribution >= 0.6 is 22.9 Å². The van der Waals surface area contributed by atoms with Crippen molar-refractivity contribution in [2.75, 3.05) is 10.6 Å². The molecule has 0 saturated heterocycles. The van der Waals surface area contributed by atoms with Crippen LogP contribution in [0.3, 0.4) is 0 Å². The molecule has 158 valence electrons. The lowest BCUT2D eigenvalue weighted by molar-refractivity contribution is -0.137. The van der Waals surface area contributed by atoms with Crippen LogP contribution in [0, 0.1) is 0 Å². The normalized spacial score (nSPS) is 11.4. The van der Waals surface area contributed by atoms with Crippen LogP contribution in [0.2, 0.25) is 5.02 Å². The third-order valence-electron chi connectivity index (χ3n) is 4.34. The Balaban J connectivity index is 1.42. The van der Waals surface area contributed by atoms with Crippen molar-refractivity contribution in [2.45, 2.75) is 12.7 Å². The minimum absolute atomic E-state index is 0.252. The summed E-state index contributed by atoms with van der Waals surface area (Å²) in [6.45, 7) is 0.252. The number of hydrogen-bond acceptors (Lipinski definition) is 6. The predicted molar refractivity (Wildman–Crippen MR) is 117 cm³/mol. The van der Waals surface area contributed by atoms with E-state index in [4.69, 9.17) is 11.6 Å². The van der Waals surface area contributed by atoms with E-state index in [1.54, 1.807) is 17.5 Å². The van der Waals surface area contributed by atoms with Gasteiger partial charge in [-0.05, 0) is 52.2 Å². The number of hydrogen-bond donors (Lipinski definition) is 2. The summed E-state index contributed by atoms with van der Waals surface area (Å²) in [5.74, 6) is 1.21. The minimum Gasteiger partial charge on any atom is -0.365 e. The molecule has 0 atom stereocenters. The fourth-order valence-corrected chi connectivity index (χ4v) is 3.55. The molecule has 3 aromatic heterocycles. The van der Waals surface area contributed by atoms with Gasteiger partial charge in [-0.15, -0.1) is 0 Å². The molecule has 0 spiro atoms. The number of nitrogens with one attached hydrogen (secondary N) is 2. The second-order valence-corrected chi connectivity index (χ2v) is 7.69. The molecule has 5 nitrogen and oxygen atoms in total. The first-order valence-electron chi connectivity index (χ1n) is 9.07. The maximum absolute atomic E-state index is 12.7. The fraction of sp³-hybridized carbons (Fsp3) is 0.0952. The molecule has 0 saturated carbocycles. The van der Waals surface area contributed by atoms with Crippen molar-refractivity contribution in [3.63, 3.8) is 0 Å². The standard InChI is InChI=1S/C21H15ClF3N5S/c22-17-11-28-20(29-18-6-3-14(10-26-18)15-7-8-31-12-15)30-19(17)27-9-13-1-4-16(5-2-13)21(23,24)25/h1-8,10-12H,9H2,(H2,26,27,28,29,30). The van der Waals surface area contributed by atoms with Crippen molar-refractivity contribution in [3.8, 4) is 11.1 Å². The fourth-order valence-electron chi connectivity index (χ4n) is 2.73. The molecule has 10 heteroatoms. The maximum atomic E-state index is 12.7. The first-order chi connectivity index (χ1) is 14.9. The average molecular weight is 462 g/mol. The number of thiophene rings is 1. The van der Waals surface area contributed by atoms with E-state index in [1.165, 1.54) is 18.3 Å². The Labute approximate surface area is 185 Å². The van der Waals surface area contributed by atoms with Crippen LogP contribution in [0.15, 0.2) is 65.6 Å². The van der Waals surface area contributed by atoms with E-state index < -0.39 is 11.7 Å². The van der Waals surface area contributed by atoms with Gasteiger partial charge >= 0.3 is 6.18 Å². The molecule has 2 N–H and O–H groups in total. The minimum atomic E-state index is -4.36. The second-order valence-electron chi connectivity index (χ2n) is 6.51. The molecule has 4 rings (SSSR count). The number of benzene rings is 1. The number of nitrogens with zero attached hydrogens (tertiary/aromatic N) is 3. The Morgan fingerprint density at radius 3 is 2.39 bits per heavy atom. The number of halogens is 4. The monoisotopic (exact) mass is 461 g/mol. The number of rotatable bonds is 6. The van der Waals surface area contributed by atoms with Gasteiger partial charge in [0.15, 0.2) is 5.82 Å². The van der Waals surface area contributed by atoms with Crippen molar-refractivity contribution in [2.24, 2.45) is 0 Å². The second kappa shape index (κ2) is 8.91. The van der Waals surface area contributed by atoms with Crippen LogP contribution in [-0.4, -0.2) is 15.0 Å². The largest absolute Gasteiger partial charge is 0.416 e. The highest BCUT2D eigenvalue weighted by molar-refractivity contribution is 7.08. The Hall–Kier alpha value is -3.17. The van der Waals surface area contributed by atoms with Gasteiger partial charge in [0.1, 0.15) is 10.8 Å². The van der Waals surface area contributed by atoms with Crippen molar-refractivity contribution >= 4 is 40.5 Å². The molecule has 3 heterocycles. The summed E-state index contributed by atoms with van der Waals surface area (Å²) in [6.07, 6.45) is -1.17. The Morgan fingerprint density at radius 1 is 0.935 bits per heavy atom. The summed E-state index contributed by atoms with van der Waals surface area (Å²) in [7, 11) is 0. The highest BCUT2D eigenvalue weighted by Gasteiger charge is 2.29. The summed E-state index contributed by atoms with van der Waals surface area (Å²) in [5, 5.41) is 10.4. The summed E-state index contributed by atoms with van der Waals surface area (Å²) in [4.78, 5) is 12.8. The summed E-state index contributed by atoms with van der Waals surface area (Å²) in [5.41, 5.74) is 2.06. The molecular formula is C21H15ClF3N5S. The third kappa shape index (κ3) is 5.31. The topological polar surface area (TPSA) is 62.7 Å². The smallest absolute Gasteiger partial charge is 0.365 e. The maximum Gasteiger partial charge on any atom is 0.416 e. The van der Waals surface area contributed by atoms with Crippen LogP contribution in [0.25, 0.3) is 11.1 Å². The lowest BCUT2D eigenvalue weighted by atomic mass is 10.1. The van der Waals surface area contributed by atoms with E-state index in [-0.39, 0.29) is 12.5 Å². The van der Waals surface area contributed by atoms with Crippen LogP contribution in [0.4, 0.5) is 30.8 Å². The summed E-state index contributed by atoms with van der Waals surface area (Å²) >= 11 is 7.77. The molecule has 0 aliphatic rings. The Bertz CT molecular complexity index is 1150. The molecule has 1 aromatic carbocycles. The summed E-state index contributed by atoms with van der Waals surface area (Å²) < 4.78 is 38.0. The molecule has 31 heavy (non-hydrogen) atoms. The molecule has 0 bridgehead atoms. The predicted octanol–water partition coefficient (Wildman–Crippen LogP) is 6.63. The number of pyridine rings is 1. The molecule has 0 fully saturated rings. The van der Waals surface area contributed by atoms with E-state index in [1.807, 2.05) is 29.0 Å². The van der Waals surface area contributed by atoms with E-state index >= 15 is 0 Å². The lowest BCUT2D eigenvalue weighted by Gasteiger charge is -2.11. The highest BCUT2D eigenvalue weighted by atomic mass is 35.5. The van der Waals surface area contributed by atoms with Gasteiger partial charge < -0.3 is 10.6 Å². The molecule has 0 radical (unpaired) electrons. The lowest BCUT2D eigenvalue weighted by Crippen LogP contribution is -2.07. The van der Waals surface area contributed by atoms with Crippen molar-refractivity contribution in [3.05, 3.63) is 81.8 Å². The molecule has 0 aliphatic heterocycles. The number of anilines is 3. The van der Waals surface area contributed by atoms with Crippen molar-refractivity contribution in [1.29, 1.82) is 0 Å². The molecule has 0 aliphatic carbocycles. The van der Waals surface area contributed by atoms with Gasteiger partial charge in [-0.3, -0.25) is 0 Å². The van der Waals surface area contributed by atoms with E-state index in [2.05, 4.69) is 25.6 Å². The number of aromatic nitrogens is 3. The quantitative estimate of drug-likeness (QED) is 0.337. The van der Waals surface area contributed by atoms with Crippen LogP contribution in [0.1, 0.15) is 11.1 Å². The van der Waals surface area contributed by atoms with Gasteiger partial charge in [0, 0.05) is 18.3 Å². The zero-order chi connectivity index (χ0) is 21.8. The molecule has 0 amide bonds. The zero-order valence-corrected chi connectivity index (χ0v) is 17.4. The van der Waals surface area contributed by atoms with Gasteiger partial charge in [-0.25, -0.2) is 9.97 Å². The van der Waals surface area contributed by atoms with Crippen molar-refractivity contribution in [1.82, 2.24) is 15.0 Å². The van der Waals surface area contributed by atoms with E-state index in [9.17, 15) is 13.2 Å². The van der Waals surface area contributed by atoms with Gasteiger partial charge in [0.05, 0.1) is 11.8 Å². The Kier molecular flexibility index (Phi) is 6.06. The van der Waals surface area contributed by atoms with E-state index in [0.717, 1.165) is 23.3 Å². The van der Waals surface area contributed by atoms with Crippen LogP contribution < -0.4 is 10.6 Å². The first-order valence-corrected chi connectivity index (χ1v) is 10.4. The van der Waals surface area contributed by atoms with Gasteiger partial charge in [-0.2, -0.15) is 29.5 Å². The van der Waals surface area contributed by atoms with Crippen LogP contribution in [-0.2, 0) is 12.7 Å². The van der Waals surface area contributed by atoms with Gasteiger partial charge in [0.2, 0.25) is 5.95 Å². The Morgan fingerprint density at radius 2 is 1.74 bits per heavy atom. The van der Waals surface area contributed by atoms with Gasteiger partial charge in [0.25, 0.3) is 0 Å².